The molecule has 3 unspecified atom stereocenters. The van der Waals surface area contributed by atoms with E-state index in [0.717, 1.165) is 5.57 Å². The normalized spacial score (nSPS) is 47.3. The van der Waals surface area contributed by atoms with Crippen LogP contribution in [0.25, 0.3) is 0 Å². The van der Waals surface area contributed by atoms with Gasteiger partial charge in [-0.25, -0.2) is 0 Å². The van der Waals surface area contributed by atoms with Crippen LogP contribution < -0.4 is 0 Å². The molecule has 29 heavy (non-hydrogen) atoms. The molecule has 2 nitrogen and oxygen atoms in total. The number of carbonyl (C=O) groups is 1. The number of allylic oxidation sites excluding steroid dienone is 4. The van der Waals surface area contributed by atoms with Crippen LogP contribution in [0.3, 0.4) is 0 Å². The van der Waals surface area contributed by atoms with Gasteiger partial charge in [-0.05, 0) is 67.9 Å². The minimum absolute atomic E-state index is 0.0464. The summed E-state index contributed by atoms with van der Waals surface area (Å²) >= 11 is 0. The van der Waals surface area contributed by atoms with E-state index >= 15 is 0 Å². The molecule has 0 aromatic heterocycles. The molecule has 4 aliphatic rings. The van der Waals surface area contributed by atoms with E-state index in [1.807, 2.05) is 19.9 Å². The van der Waals surface area contributed by atoms with Crippen molar-refractivity contribution in [1.82, 2.24) is 0 Å². The van der Waals surface area contributed by atoms with Gasteiger partial charge >= 0.3 is 12.1 Å². The lowest BCUT2D eigenvalue weighted by atomic mass is 9.45. The quantitative estimate of drug-likeness (QED) is 0.574. The van der Waals surface area contributed by atoms with Crippen LogP contribution in [-0.2, 0) is 4.79 Å². The van der Waals surface area contributed by atoms with Crippen LogP contribution >= 0.6 is 0 Å². The molecule has 0 heterocycles. The molecule has 0 spiro atoms. The zero-order valence-corrected chi connectivity index (χ0v) is 16.8. The number of fused-ring (bicyclic) bond motifs is 5. The molecule has 3 saturated carbocycles. The lowest BCUT2D eigenvalue weighted by Crippen LogP contribution is -2.66. The molecule has 3 fully saturated rings. The van der Waals surface area contributed by atoms with Crippen molar-refractivity contribution in [2.24, 2.45) is 34.5 Å². The molecule has 0 aliphatic heterocycles. The van der Waals surface area contributed by atoms with E-state index in [4.69, 9.17) is 0 Å². The maximum absolute atomic E-state index is 14.5. The van der Waals surface area contributed by atoms with E-state index < -0.39 is 35.5 Å². The first-order chi connectivity index (χ1) is 13.2. The predicted octanol–water partition coefficient (Wildman–Crippen LogP) is 5.47. The van der Waals surface area contributed by atoms with Crippen molar-refractivity contribution in [1.29, 1.82) is 0 Å². The summed E-state index contributed by atoms with van der Waals surface area (Å²) < 4.78 is 68.7. The zero-order valence-electron chi connectivity index (χ0n) is 16.8. The number of hydrogen-bond donors (Lipinski definition) is 1. The minimum Gasteiger partial charge on any atom is -0.383 e. The van der Waals surface area contributed by atoms with Crippen molar-refractivity contribution in [2.75, 3.05) is 0 Å². The highest BCUT2D eigenvalue weighted by Crippen LogP contribution is 2.71. The Balaban J connectivity index is 1.75. The zero-order chi connectivity index (χ0) is 21.6. The van der Waals surface area contributed by atoms with Crippen molar-refractivity contribution in [2.45, 2.75) is 70.6 Å². The highest BCUT2D eigenvalue weighted by atomic mass is 19.4. The summed E-state index contributed by atoms with van der Waals surface area (Å²) in [6.07, 6.45) is 0.0750. The number of ketones is 1. The largest absolute Gasteiger partial charge is 0.456 e. The second-order valence-electron chi connectivity index (χ2n) is 10.1. The third kappa shape index (κ3) is 2.45. The molecule has 0 aromatic rings. The topological polar surface area (TPSA) is 37.3 Å². The van der Waals surface area contributed by atoms with E-state index in [0.29, 0.717) is 12.8 Å². The molecule has 162 valence electrons. The highest BCUT2D eigenvalue weighted by molar-refractivity contribution is 6.01. The Hall–Kier alpha value is -1.24. The first kappa shape index (κ1) is 21.0. The molecule has 0 bridgehead atoms. The van der Waals surface area contributed by atoms with Crippen LogP contribution in [-0.4, -0.2) is 28.6 Å². The van der Waals surface area contributed by atoms with Gasteiger partial charge in [0.2, 0.25) is 0 Å². The number of aliphatic hydroxyl groups is 1. The fourth-order valence-electron chi connectivity index (χ4n) is 7.32. The van der Waals surface area contributed by atoms with Crippen molar-refractivity contribution >= 4 is 5.78 Å². The van der Waals surface area contributed by atoms with E-state index in [-0.39, 0.29) is 41.8 Å². The summed E-state index contributed by atoms with van der Waals surface area (Å²) in [5, 5.41) is 10.9. The van der Waals surface area contributed by atoms with Gasteiger partial charge in [-0.2, -0.15) is 22.0 Å². The van der Waals surface area contributed by atoms with Gasteiger partial charge in [0.1, 0.15) is 5.60 Å². The molecule has 0 aromatic carbocycles. The average molecular weight is 418 g/mol. The molecule has 4 aliphatic carbocycles. The standard InChI is InChI=1S/C22H27F5O2/c1-12-10-13-11-14(28)4-7-18(13,2)15-5-8-19(3)16(17(12)15)6-9-20(19,29)21(23,24)22(25,26)27/h4,7,11-12,15-17,29H,5-6,8-10H2,1-3H3/t12-,15?,16?,17?,18-,19-,20+/m0/s1. The van der Waals surface area contributed by atoms with Crippen LogP contribution in [0.1, 0.15) is 52.9 Å². The molecule has 7 heteroatoms. The first-order valence-corrected chi connectivity index (χ1v) is 10.3. The molecule has 1 N–H and O–H groups in total. The average Bonchev–Trinajstić information content (AvgIpc) is 2.88. The third-order valence-electron chi connectivity index (χ3n) is 8.93. The van der Waals surface area contributed by atoms with Crippen molar-refractivity contribution < 1.29 is 31.9 Å². The van der Waals surface area contributed by atoms with E-state index in [9.17, 15) is 31.9 Å². The van der Waals surface area contributed by atoms with Crippen molar-refractivity contribution in [3.63, 3.8) is 0 Å². The van der Waals surface area contributed by atoms with Gasteiger partial charge < -0.3 is 5.11 Å². The molecule has 4 rings (SSSR count). The lowest BCUT2D eigenvalue weighted by molar-refractivity contribution is -0.364. The number of hydrogen-bond acceptors (Lipinski definition) is 2. The monoisotopic (exact) mass is 418 g/mol. The van der Waals surface area contributed by atoms with Crippen molar-refractivity contribution in [3.8, 4) is 0 Å². The highest BCUT2D eigenvalue weighted by Gasteiger charge is 2.79. The Bertz CT molecular complexity index is 800. The molecular formula is C22H27F5O2. The predicted molar refractivity (Wildman–Crippen MR) is 97.1 cm³/mol. The summed E-state index contributed by atoms with van der Waals surface area (Å²) in [4.78, 5) is 11.9. The summed E-state index contributed by atoms with van der Waals surface area (Å²) in [5.41, 5.74) is -3.97. The third-order valence-corrected chi connectivity index (χ3v) is 8.93. The molecule has 7 atom stereocenters. The number of alkyl halides is 5. The SMILES string of the molecule is C[C@H]1CC2=CC(=O)C=C[C@]2(C)C2CC[C@@]3(C)C(CC[C@]3(O)C(F)(F)C(F)(F)F)C21. The van der Waals surface area contributed by atoms with Crippen LogP contribution in [0, 0.1) is 34.5 Å². The van der Waals surface area contributed by atoms with E-state index in [2.05, 4.69) is 0 Å². The van der Waals surface area contributed by atoms with E-state index in [1.54, 1.807) is 6.08 Å². The minimum atomic E-state index is -5.79. The van der Waals surface area contributed by atoms with E-state index in [1.165, 1.54) is 13.0 Å². The summed E-state index contributed by atoms with van der Waals surface area (Å²) in [5.74, 6) is -5.61. The molecule has 0 radical (unpaired) electrons. The van der Waals surface area contributed by atoms with Gasteiger partial charge in [0.25, 0.3) is 0 Å². The second-order valence-corrected chi connectivity index (χ2v) is 10.1. The smallest absolute Gasteiger partial charge is 0.383 e. The molecular weight excluding hydrogens is 391 g/mol. The van der Waals surface area contributed by atoms with Gasteiger partial charge in [0.05, 0.1) is 0 Å². The van der Waals surface area contributed by atoms with Gasteiger partial charge in [-0.3, -0.25) is 4.79 Å². The maximum atomic E-state index is 14.5. The van der Waals surface area contributed by atoms with Gasteiger partial charge in [-0.15, -0.1) is 0 Å². The number of halogens is 5. The molecule has 0 saturated heterocycles. The summed E-state index contributed by atoms with van der Waals surface area (Å²) in [7, 11) is 0. The van der Waals surface area contributed by atoms with Crippen LogP contribution in [0.2, 0.25) is 0 Å². The van der Waals surface area contributed by atoms with Gasteiger partial charge in [0.15, 0.2) is 5.78 Å². The lowest BCUT2D eigenvalue weighted by Gasteiger charge is -2.60. The Kier molecular flexibility index (Phi) is 4.29. The summed E-state index contributed by atoms with van der Waals surface area (Å²) in [6.45, 7) is 5.46. The van der Waals surface area contributed by atoms with Gasteiger partial charge in [0, 0.05) is 10.8 Å². The van der Waals surface area contributed by atoms with Gasteiger partial charge in [-0.1, -0.05) is 32.4 Å². The maximum Gasteiger partial charge on any atom is 0.456 e. The second kappa shape index (κ2) is 5.92. The Morgan fingerprint density at radius 2 is 1.69 bits per heavy atom. The summed E-state index contributed by atoms with van der Waals surface area (Å²) in [6, 6.07) is 0. The van der Waals surface area contributed by atoms with Crippen LogP contribution in [0.5, 0.6) is 0 Å². The van der Waals surface area contributed by atoms with Crippen LogP contribution in [0.15, 0.2) is 23.8 Å². The first-order valence-electron chi connectivity index (χ1n) is 10.3. The number of rotatable bonds is 1. The Morgan fingerprint density at radius 3 is 2.31 bits per heavy atom. The van der Waals surface area contributed by atoms with Crippen molar-refractivity contribution in [3.05, 3.63) is 23.8 Å². The fourth-order valence-corrected chi connectivity index (χ4v) is 7.32. The molecule has 0 amide bonds. The fraction of sp³-hybridized carbons (Fsp3) is 0.773. The Morgan fingerprint density at radius 1 is 1.07 bits per heavy atom. The Labute approximate surface area is 167 Å². The number of carbonyl (C=O) groups excluding carboxylic acids is 1. The van der Waals surface area contributed by atoms with Crippen LogP contribution in [0.4, 0.5) is 22.0 Å².